The summed E-state index contributed by atoms with van der Waals surface area (Å²) >= 11 is 7.64. The fourth-order valence-electron chi connectivity index (χ4n) is 1.96. The second-order valence-electron chi connectivity index (χ2n) is 3.96. The van der Waals surface area contributed by atoms with Crippen LogP contribution in [0.25, 0.3) is 21.2 Å². The van der Waals surface area contributed by atoms with E-state index in [-0.39, 0.29) is 0 Å². The van der Waals surface area contributed by atoms with Crippen LogP contribution in [0.15, 0.2) is 54.6 Å². The maximum atomic E-state index is 5.87. The van der Waals surface area contributed by atoms with Crippen molar-refractivity contribution in [2.45, 2.75) is 19.7 Å². The zero-order valence-corrected chi connectivity index (χ0v) is 12.8. The zero-order valence-electron chi connectivity index (χ0n) is 11.2. The summed E-state index contributed by atoms with van der Waals surface area (Å²) in [4.78, 5) is 1.23. The molecule has 1 heterocycles. The highest BCUT2D eigenvalue weighted by Gasteiger charge is 2.03. The smallest absolute Gasteiger partial charge is 0.0568 e. The molecule has 0 aliphatic rings. The van der Waals surface area contributed by atoms with Crippen molar-refractivity contribution in [3.05, 3.63) is 59.5 Å². The summed E-state index contributed by atoms with van der Waals surface area (Å²) in [6.07, 6.45) is 0. The molecule has 3 aromatic rings. The minimum atomic E-state index is 0.597. The zero-order chi connectivity index (χ0) is 13.7. The minimum Gasteiger partial charge on any atom is -0.139 e. The molecule has 2 heteroatoms. The van der Waals surface area contributed by atoms with Gasteiger partial charge >= 0.3 is 0 Å². The molecule has 0 saturated carbocycles. The molecule has 0 radical (unpaired) electrons. The summed E-state index contributed by atoms with van der Waals surface area (Å²) in [6, 6.07) is 19.2. The first-order valence-electron chi connectivity index (χ1n) is 6.51. The molecule has 0 unspecified atom stereocenters. The van der Waals surface area contributed by atoms with Gasteiger partial charge in [-0.15, -0.1) is 22.9 Å². The van der Waals surface area contributed by atoms with Crippen LogP contribution in [0.3, 0.4) is 0 Å². The van der Waals surface area contributed by atoms with Gasteiger partial charge in [0.15, 0.2) is 0 Å². The summed E-state index contributed by atoms with van der Waals surface area (Å²) in [7, 11) is 0. The van der Waals surface area contributed by atoms with Crippen molar-refractivity contribution >= 4 is 33.0 Å². The van der Waals surface area contributed by atoms with Crippen LogP contribution in [0, 0.1) is 0 Å². The van der Waals surface area contributed by atoms with Gasteiger partial charge < -0.3 is 0 Å². The van der Waals surface area contributed by atoms with E-state index in [2.05, 4.69) is 48.5 Å². The Morgan fingerprint density at radius 3 is 2.32 bits per heavy atom. The monoisotopic (exact) mass is 288 g/mol. The van der Waals surface area contributed by atoms with Crippen molar-refractivity contribution in [2.24, 2.45) is 0 Å². The normalized spacial score (nSPS) is 10.1. The van der Waals surface area contributed by atoms with E-state index in [4.69, 9.17) is 11.6 Å². The predicted octanol–water partition coefficient (Wildman–Crippen LogP) is 6.33. The van der Waals surface area contributed by atoms with Crippen LogP contribution in [0.4, 0.5) is 0 Å². The van der Waals surface area contributed by atoms with Crippen molar-refractivity contribution in [3.63, 3.8) is 0 Å². The summed E-state index contributed by atoms with van der Waals surface area (Å²) in [6.45, 7) is 4.00. The summed E-state index contributed by atoms with van der Waals surface area (Å²) in [5.41, 5.74) is 2.52. The van der Waals surface area contributed by atoms with Gasteiger partial charge in [-0.3, -0.25) is 0 Å². The second-order valence-corrected chi connectivity index (χ2v) is 5.40. The number of rotatable bonds is 2. The molecule has 1 aromatic heterocycles. The average molecular weight is 289 g/mol. The van der Waals surface area contributed by atoms with Gasteiger partial charge in [0.1, 0.15) is 0 Å². The quantitative estimate of drug-likeness (QED) is 0.483. The Morgan fingerprint density at radius 1 is 0.895 bits per heavy atom. The number of hydrogen-bond acceptors (Lipinski definition) is 1. The van der Waals surface area contributed by atoms with Crippen molar-refractivity contribution in [2.75, 3.05) is 0 Å². The lowest BCUT2D eigenvalue weighted by Gasteiger charge is -2.00. The molecule has 0 atom stereocenters. The molecule has 2 aromatic carbocycles. The van der Waals surface area contributed by atoms with E-state index < -0.39 is 0 Å². The molecular weight excluding hydrogens is 272 g/mol. The van der Waals surface area contributed by atoms with Crippen LogP contribution in [-0.4, -0.2) is 0 Å². The number of alkyl halides is 1. The lowest BCUT2D eigenvalue weighted by atomic mass is 10.1. The van der Waals surface area contributed by atoms with Crippen LogP contribution >= 0.6 is 22.9 Å². The van der Waals surface area contributed by atoms with Gasteiger partial charge in [0.05, 0.1) is 5.88 Å². The minimum absolute atomic E-state index is 0.597. The largest absolute Gasteiger partial charge is 0.139 e. The maximum Gasteiger partial charge on any atom is 0.0568 e. The Balaban J connectivity index is 0.000000637. The molecule has 0 nitrogen and oxygen atoms in total. The molecule has 0 aliphatic carbocycles. The molecule has 3 rings (SSSR count). The Bertz CT molecular complexity index is 641. The fourth-order valence-corrected chi connectivity index (χ4v) is 3.16. The highest BCUT2D eigenvalue weighted by Crippen LogP contribution is 2.31. The Hall–Kier alpha value is -1.31. The van der Waals surface area contributed by atoms with Gasteiger partial charge in [-0.2, -0.15) is 0 Å². The number of hydrogen-bond donors (Lipinski definition) is 0. The summed E-state index contributed by atoms with van der Waals surface area (Å²) in [5, 5.41) is 1.28. The van der Waals surface area contributed by atoms with Crippen LogP contribution in [0.2, 0.25) is 0 Å². The predicted molar refractivity (Wildman–Crippen MR) is 88.2 cm³/mol. The van der Waals surface area contributed by atoms with Gasteiger partial charge in [0.25, 0.3) is 0 Å². The van der Waals surface area contributed by atoms with E-state index in [1.165, 1.54) is 26.1 Å². The van der Waals surface area contributed by atoms with Gasteiger partial charge in [0.2, 0.25) is 0 Å². The van der Waals surface area contributed by atoms with E-state index in [0.29, 0.717) is 5.88 Å². The van der Waals surface area contributed by atoms with Crippen molar-refractivity contribution in [3.8, 4) is 11.1 Å². The Labute approximate surface area is 123 Å². The molecule has 0 amide bonds. The second kappa shape index (κ2) is 6.74. The fraction of sp³-hybridized carbons (Fsp3) is 0.176. The number of thiophene rings is 1. The van der Waals surface area contributed by atoms with Crippen molar-refractivity contribution < 1.29 is 0 Å². The molecule has 0 spiro atoms. The molecular formula is C17H17ClS. The highest BCUT2D eigenvalue weighted by atomic mass is 35.5. The maximum absolute atomic E-state index is 5.87. The topological polar surface area (TPSA) is 0 Å². The Kier molecular flexibility index (Phi) is 5.00. The molecule has 0 aliphatic heterocycles. The first-order valence-corrected chi connectivity index (χ1v) is 7.86. The molecule has 0 N–H and O–H groups in total. The third-order valence-electron chi connectivity index (χ3n) is 2.81. The van der Waals surface area contributed by atoms with Crippen LogP contribution in [-0.2, 0) is 5.88 Å². The lowest BCUT2D eigenvalue weighted by Crippen LogP contribution is -1.75. The van der Waals surface area contributed by atoms with Crippen LogP contribution < -0.4 is 0 Å². The highest BCUT2D eigenvalue weighted by molar-refractivity contribution is 7.19. The number of benzene rings is 2. The van der Waals surface area contributed by atoms with E-state index in [0.717, 1.165) is 0 Å². The van der Waals surface area contributed by atoms with Crippen LogP contribution in [0.5, 0.6) is 0 Å². The van der Waals surface area contributed by atoms with Gasteiger partial charge in [-0.25, -0.2) is 0 Å². The van der Waals surface area contributed by atoms with Crippen molar-refractivity contribution in [1.82, 2.24) is 0 Å². The Morgan fingerprint density at radius 2 is 1.63 bits per heavy atom. The van der Waals surface area contributed by atoms with Gasteiger partial charge in [-0.1, -0.05) is 56.3 Å². The lowest BCUT2D eigenvalue weighted by molar-refractivity contribution is 1.50. The standard InChI is InChI=1S/C15H11ClS.C2H6/c16-10-14-8-13-7-6-12(9-15(13)17-14)11-4-2-1-3-5-11;1-2/h1-9H,10H2;1-2H3. The van der Waals surface area contributed by atoms with E-state index >= 15 is 0 Å². The first kappa shape index (κ1) is 14.1. The third-order valence-corrected chi connectivity index (χ3v) is 4.35. The number of fused-ring (bicyclic) bond motifs is 1. The number of halogens is 1. The van der Waals surface area contributed by atoms with Gasteiger partial charge in [0, 0.05) is 9.58 Å². The first-order chi connectivity index (χ1) is 9.36. The molecule has 0 saturated heterocycles. The SMILES string of the molecule is CC.ClCc1cc2ccc(-c3ccccc3)cc2s1. The van der Waals surface area contributed by atoms with E-state index in [1.807, 2.05) is 19.9 Å². The molecule has 0 bridgehead atoms. The summed E-state index contributed by atoms with van der Waals surface area (Å²) < 4.78 is 1.31. The molecule has 0 fully saturated rings. The molecule has 98 valence electrons. The van der Waals surface area contributed by atoms with Gasteiger partial charge in [-0.05, 0) is 28.6 Å². The van der Waals surface area contributed by atoms with Crippen molar-refractivity contribution in [1.29, 1.82) is 0 Å². The third kappa shape index (κ3) is 3.17. The van der Waals surface area contributed by atoms with E-state index in [9.17, 15) is 0 Å². The molecule has 19 heavy (non-hydrogen) atoms. The van der Waals surface area contributed by atoms with Crippen LogP contribution in [0.1, 0.15) is 18.7 Å². The van der Waals surface area contributed by atoms with E-state index in [1.54, 1.807) is 11.3 Å². The summed E-state index contributed by atoms with van der Waals surface area (Å²) in [5.74, 6) is 0.597. The average Bonchev–Trinajstić information content (AvgIpc) is 2.92.